The number of thioether (sulfide) groups is 1. The van der Waals surface area contributed by atoms with E-state index in [4.69, 9.17) is 0 Å². The van der Waals surface area contributed by atoms with Gasteiger partial charge in [-0.15, -0.1) is 11.8 Å². The number of amides is 1. The number of carbonyl (C=O) groups is 1. The summed E-state index contributed by atoms with van der Waals surface area (Å²) in [7, 11) is 0. The Bertz CT molecular complexity index is 1120. The number of benzene rings is 2. The summed E-state index contributed by atoms with van der Waals surface area (Å²) in [5.41, 5.74) is 3.61. The standard InChI is InChI=1S/C27H31F2N3OS/c1-5-27(28,29)15-16-32(6-2)25-24(26(33)31-21-13-10-14-22(17-21)34-4)19(3)23(18-30-25)20-11-8-7-9-12-20/h7-14,17-18H,5-6,15-16H2,1-4H3,(H,31,33). The molecule has 0 radical (unpaired) electrons. The first-order valence-corrected chi connectivity index (χ1v) is 12.6. The number of alkyl halides is 2. The fourth-order valence-corrected chi connectivity index (χ4v) is 4.25. The highest BCUT2D eigenvalue weighted by Crippen LogP contribution is 2.32. The molecule has 3 aromatic rings. The van der Waals surface area contributed by atoms with Crippen molar-refractivity contribution in [1.29, 1.82) is 0 Å². The first-order chi connectivity index (χ1) is 16.3. The number of nitrogens with one attached hydrogen (secondary N) is 1. The number of anilines is 2. The summed E-state index contributed by atoms with van der Waals surface area (Å²) in [5.74, 6) is -2.64. The van der Waals surface area contributed by atoms with Crippen molar-refractivity contribution in [2.45, 2.75) is 44.4 Å². The Morgan fingerprint density at radius 2 is 1.85 bits per heavy atom. The molecule has 180 valence electrons. The lowest BCUT2D eigenvalue weighted by atomic mass is 9.97. The van der Waals surface area contributed by atoms with Crippen molar-refractivity contribution in [3.05, 3.63) is 71.9 Å². The van der Waals surface area contributed by atoms with Gasteiger partial charge in [0.15, 0.2) is 0 Å². The van der Waals surface area contributed by atoms with Crippen LogP contribution in [0.3, 0.4) is 0 Å². The van der Waals surface area contributed by atoms with E-state index in [1.54, 1.807) is 22.9 Å². The smallest absolute Gasteiger partial charge is 0.259 e. The van der Waals surface area contributed by atoms with Crippen LogP contribution in [0, 0.1) is 6.92 Å². The largest absolute Gasteiger partial charge is 0.356 e. The number of halogens is 2. The highest BCUT2D eigenvalue weighted by molar-refractivity contribution is 7.98. The summed E-state index contributed by atoms with van der Waals surface area (Å²) in [4.78, 5) is 21.0. The summed E-state index contributed by atoms with van der Waals surface area (Å²) in [5, 5.41) is 2.99. The van der Waals surface area contributed by atoms with Crippen LogP contribution in [0.1, 0.15) is 42.6 Å². The number of hydrogen-bond donors (Lipinski definition) is 1. The van der Waals surface area contributed by atoms with E-state index in [1.807, 2.05) is 74.7 Å². The maximum Gasteiger partial charge on any atom is 0.259 e. The van der Waals surface area contributed by atoms with E-state index in [9.17, 15) is 13.6 Å². The van der Waals surface area contributed by atoms with Crippen LogP contribution in [0.5, 0.6) is 0 Å². The molecule has 1 amide bonds. The molecule has 0 saturated carbocycles. The second kappa shape index (κ2) is 11.5. The van der Waals surface area contributed by atoms with Gasteiger partial charge < -0.3 is 10.2 Å². The molecule has 1 N–H and O–H groups in total. The summed E-state index contributed by atoms with van der Waals surface area (Å²) in [6, 6.07) is 17.3. The van der Waals surface area contributed by atoms with Crippen molar-refractivity contribution in [3.63, 3.8) is 0 Å². The zero-order valence-electron chi connectivity index (χ0n) is 20.1. The van der Waals surface area contributed by atoms with Gasteiger partial charge in [0.2, 0.25) is 5.92 Å². The molecule has 0 saturated heterocycles. The molecule has 34 heavy (non-hydrogen) atoms. The van der Waals surface area contributed by atoms with Crippen LogP contribution in [-0.2, 0) is 0 Å². The SMILES string of the molecule is CCN(CCC(F)(F)CC)c1ncc(-c2ccccc2)c(C)c1C(=O)Nc1cccc(SC)c1. The number of carbonyl (C=O) groups excluding carboxylic acids is 1. The van der Waals surface area contributed by atoms with E-state index in [2.05, 4.69) is 10.3 Å². The van der Waals surface area contributed by atoms with E-state index in [1.165, 1.54) is 6.92 Å². The van der Waals surface area contributed by atoms with Gasteiger partial charge in [-0.2, -0.15) is 0 Å². The van der Waals surface area contributed by atoms with E-state index >= 15 is 0 Å². The zero-order valence-corrected chi connectivity index (χ0v) is 20.9. The molecule has 0 spiro atoms. The summed E-state index contributed by atoms with van der Waals surface area (Å²) < 4.78 is 28.0. The van der Waals surface area contributed by atoms with E-state index in [0.717, 1.165) is 21.6 Å². The van der Waals surface area contributed by atoms with Gasteiger partial charge >= 0.3 is 0 Å². The van der Waals surface area contributed by atoms with Gasteiger partial charge in [-0.3, -0.25) is 4.79 Å². The van der Waals surface area contributed by atoms with Gasteiger partial charge in [0, 0.05) is 48.3 Å². The molecular formula is C27H31F2N3OS. The van der Waals surface area contributed by atoms with Gasteiger partial charge in [-0.25, -0.2) is 13.8 Å². The Hall–Kier alpha value is -2.93. The highest BCUT2D eigenvalue weighted by atomic mass is 32.2. The minimum Gasteiger partial charge on any atom is -0.356 e. The third kappa shape index (κ3) is 6.14. The van der Waals surface area contributed by atoms with Crippen molar-refractivity contribution in [2.24, 2.45) is 0 Å². The number of rotatable bonds is 10. The molecule has 0 aliphatic rings. The Balaban J connectivity index is 2.05. The lowest BCUT2D eigenvalue weighted by Gasteiger charge is -2.27. The first kappa shape index (κ1) is 25.7. The van der Waals surface area contributed by atoms with Crippen LogP contribution in [0.25, 0.3) is 11.1 Å². The highest BCUT2D eigenvalue weighted by Gasteiger charge is 2.29. The minimum absolute atomic E-state index is 0.108. The van der Waals surface area contributed by atoms with Crippen molar-refractivity contribution < 1.29 is 13.6 Å². The second-order valence-electron chi connectivity index (χ2n) is 8.09. The predicted octanol–water partition coefficient (Wildman–Crippen LogP) is 7.29. The van der Waals surface area contributed by atoms with Gasteiger partial charge in [0.05, 0.1) is 5.56 Å². The van der Waals surface area contributed by atoms with Crippen molar-refractivity contribution in [3.8, 4) is 11.1 Å². The predicted molar refractivity (Wildman–Crippen MR) is 138 cm³/mol. The third-order valence-electron chi connectivity index (χ3n) is 5.90. The fraction of sp³-hybridized carbons (Fsp3) is 0.333. The molecule has 1 heterocycles. The van der Waals surface area contributed by atoms with Crippen molar-refractivity contribution in [1.82, 2.24) is 4.98 Å². The molecule has 0 aliphatic heterocycles. The number of hydrogen-bond acceptors (Lipinski definition) is 4. The monoisotopic (exact) mass is 483 g/mol. The molecule has 0 unspecified atom stereocenters. The topological polar surface area (TPSA) is 45.2 Å². The van der Waals surface area contributed by atoms with Crippen LogP contribution in [0.15, 0.2) is 65.7 Å². The van der Waals surface area contributed by atoms with Crippen LogP contribution in [-0.4, -0.2) is 36.2 Å². The quantitative estimate of drug-likeness (QED) is 0.308. The van der Waals surface area contributed by atoms with E-state index in [0.29, 0.717) is 23.6 Å². The van der Waals surface area contributed by atoms with E-state index in [-0.39, 0.29) is 25.3 Å². The van der Waals surface area contributed by atoms with Crippen LogP contribution >= 0.6 is 11.8 Å². The molecule has 1 aromatic heterocycles. The Morgan fingerprint density at radius 1 is 1.12 bits per heavy atom. The van der Waals surface area contributed by atoms with Crippen molar-refractivity contribution in [2.75, 3.05) is 29.6 Å². The average Bonchev–Trinajstić information content (AvgIpc) is 2.85. The van der Waals surface area contributed by atoms with Gasteiger partial charge in [-0.1, -0.05) is 43.3 Å². The summed E-state index contributed by atoms with van der Waals surface area (Å²) in [6.45, 7) is 5.82. The summed E-state index contributed by atoms with van der Waals surface area (Å²) >= 11 is 1.59. The second-order valence-corrected chi connectivity index (χ2v) is 8.97. The molecule has 7 heteroatoms. The number of nitrogens with zero attached hydrogens (tertiary/aromatic N) is 2. The molecular weight excluding hydrogens is 452 g/mol. The summed E-state index contributed by atoms with van der Waals surface area (Å²) in [6.07, 6.45) is 3.19. The van der Waals surface area contributed by atoms with Crippen molar-refractivity contribution >= 4 is 29.2 Å². The fourth-order valence-electron chi connectivity index (χ4n) is 3.79. The van der Waals surface area contributed by atoms with Crippen LogP contribution in [0.2, 0.25) is 0 Å². The van der Waals surface area contributed by atoms with Gasteiger partial charge in [-0.05, 0) is 49.4 Å². The Morgan fingerprint density at radius 3 is 2.50 bits per heavy atom. The third-order valence-corrected chi connectivity index (χ3v) is 6.63. The van der Waals surface area contributed by atoms with E-state index < -0.39 is 5.92 Å². The normalized spacial score (nSPS) is 11.4. The molecule has 3 rings (SSSR count). The maximum absolute atomic E-state index is 14.0. The Kier molecular flexibility index (Phi) is 8.67. The zero-order chi connectivity index (χ0) is 24.7. The molecule has 0 atom stereocenters. The minimum atomic E-state index is -2.76. The van der Waals surface area contributed by atoms with Gasteiger partial charge in [0.1, 0.15) is 5.82 Å². The molecule has 0 bridgehead atoms. The lowest BCUT2D eigenvalue weighted by Crippen LogP contribution is -2.32. The Labute approximate surface area is 204 Å². The average molecular weight is 484 g/mol. The number of pyridine rings is 1. The molecule has 0 aliphatic carbocycles. The maximum atomic E-state index is 14.0. The molecule has 2 aromatic carbocycles. The number of aromatic nitrogens is 1. The molecule has 0 fully saturated rings. The van der Waals surface area contributed by atoms with Crippen LogP contribution < -0.4 is 10.2 Å². The lowest BCUT2D eigenvalue weighted by molar-refractivity contribution is -0.00921. The van der Waals surface area contributed by atoms with Gasteiger partial charge in [0.25, 0.3) is 5.91 Å². The van der Waals surface area contributed by atoms with Crippen LogP contribution in [0.4, 0.5) is 20.3 Å². The molecule has 4 nitrogen and oxygen atoms in total. The first-order valence-electron chi connectivity index (χ1n) is 11.4.